The lowest BCUT2D eigenvalue weighted by molar-refractivity contribution is -0.386. The number of halogens is 2. The van der Waals surface area contributed by atoms with Crippen molar-refractivity contribution in [2.45, 2.75) is 19.1 Å². The summed E-state index contributed by atoms with van der Waals surface area (Å²) in [4.78, 5) is 10.1. The first-order valence-electron chi connectivity index (χ1n) is 6.09. The molecular weight excluding hydrogens is 291 g/mol. The molecule has 1 heterocycles. The Morgan fingerprint density at radius 1 is 1.60 bits per heavy atom. The van der Waals surface area contributed by atoms with Crippen LogP contribution in [0.2, 0.25) is 5.02 Å². The third-order valence-corrected chi connectivity index (χ3v) is 3.14. The first kappa shape index (κ1) is 15.0. The maximum absolute atomic E-state index is 13.2. The first-order valence-corrected chi connectivity index (χ1v) is 6.47. The molecule has 0 aliphatic carbocycles. The van der Waals surface area contributed by atoms with Crippen molar-refractivity contribution in [3.8, 4) is 5.75 Å². The van der Waals surface area contributed by atoms with Crippen LogP contribution in [0.3, 0.4) is 0 Å². The molecule has 1 aromatic rings. The summed E-state index contributed by atoms with van der Waals surface area (Å²) < 4.78 is 24.2. The SMILES string of the molecule is CC1CNCC(COc2cc(Cl)c(F)cc2[N+](=O)[O-])O1. The average Bonchev–Trinajstić information content (AvgIpc) is 2.39. The van der Waals surface area contributed by atoms with E-state index in [1.807, 2.05) is 6.92 Å². The summed E-state index contributed by atoms with van der Waals surface area (Å²) >= 11 is 5.61. The molecule has 2 atom stereocenters. The predicted octanol–water partition coefficient (Wildman–Crippen LogP) is 2.14. The molecule has 2 rings (SSSR count). The van der Waals surface area contributed by atoms with Gasteiger partial charge in [0.15, 0.2) is 5.75 Å². The van der Waals surface area contributed by atoms with Crippen LogP contribution in [0.15, 0.2) is 12.1 Å². The maximum Gasteiger partial charge on any atom is 0.313 e. The molecule has 1 saturated heterocycles. The Bertz CT molecular complexity index is 514. The van der Waals surface area contributed by atoms with Gasteiger partial charge < -0.3 is 14.8 Å². The number of nitrogens with zero attached hydrogens (tertiary/aromatic N) is 1. The molecule has 8 heteroatoms. The fourth-order valence-corrected chi connectivity index (χ4v) is 2.08. The lowest BCUT2D eigenvalue weighted by atomic mass is 10.2. The Morgan fingerprint density at radius 3 is 3.00 bits per heavy atom. The first-order chi connectivity index (χ1) is 9.47. The van der Waals surface area contributed by atoms with Gasteiger partial charge in [-0.15, -0.1) is 0 Å². The number of benzene rings is 1. The Balaban J connectivity index is 2.08. The Kier molecular flexibility index (Phi) is 4.74. The maximum atomic E-state index is 13.2. The van der Waals surface area contributed by atoms with Crippen molar-refractivity contribution < 1.29 is 18.8 Å². The zero-order valence-electron chi connectivity index (χ0n) is 10.8. The molecule has 0 spiro atoms. The van der Waals surface area contributed by atoms with Crippen molar-refractivity contribution in [2.75, 3.05) is 19.7 Å². The van der Waals surface area contributed by atoms with Gasteiger partial charge in [0.1, 0.15) is 18.5 Å². The molecule has 1 aromatic carbocycles. The minimum atomic E-state index is -0.852. The van der Waals surface area contributed by atoms with Crippen molar-refractivity contribution in [1.29, 1.82) is 0 Å². The van der Waals surface area contributed by atoms with E-state index in [-0.39, 0.29) is 29.6 Å². The summed E-state index contributed by atoms with van der Waals surface area (Å²) in [6.45, 7) is 3.38. The molecule has 110 valence electrons. The van der Waals surface area contributed by atoms with E-state index >= 15 is 0 Å². The molecule has 1 aliphatic rings. The van der Waals surface area contributed by atoms with E-state index in [9.17, 15) is 14.5 Å². The normalized spacial score (nSPS) is 22.6. The molecule has 0 amide bonds. The summed E-state index contributed by atoms with van der Waals surface area (Å²) in [5, 5.41) is 13.8. The van der Waals surface area contributed by atoms with Gasteiger partial charge in [0.25, 0.3) is 0 Å². The van der Waals surface area contributed by atoms with Crippen LogP contribution in [0.5, 0.6) is 5.75 Å². The minimum Gasteiger partial charge on any atom is -0.484 e. The third kappa shape index (κ3) is 3.56. The van der Waals surface area contributed by atoms with Crippen LogP contribution in [0.1, 0.15) is 6.92 Å². The molecular formula is C12H14ClFN2O4. The molecule has 0 radical (unpaired) electrons. The standard InChI is InChI=1S/C12H14ClFN2O4/c1-7-4-15-5-8(20-7)6-19-12-2-9(13)10(14)3-11(12)16(17)18/h2-3,7-8,15H,4-6H2,1H3. The van der Waals surface area contributed by atoms with E-state index in [0.29, 0.717) is 6.54 Å². The monoisotopic (exact) mass is 304 g/mol. The van der Waals surface area contributed by atoms with E-state index in [4.69, 9.17) is 21.1 Å². The van der Waals surface area contributed by atoms with E-state index in [2.05, 4.69) is 5.32 Å². The van der Waals surface area contributed by atoms with Crippen LogP contribution in [-0.2, 0) is 4.74 Å². The van der Waals surface area contributed by atoms with Gasteiger partial charge in [-0.1, -0.05) is 11.6 Å². The predicted molar refractivity (Wildman–Crippen MR) is 70.8 cm³/mol. The number of rotatable bonds is 4. The van der Waals surface area contributed by atoms with Crippen molar-refractivity contribution in [3.05, 3.63) is 33.1 Å². The Hall–Kier alpha value is -1.44. The molecule has 1 fully saturated rings. The molecule has 2 unspecified atom stereocenters. The van der Waals surface area contributed by atoms with Gasteiger partial charge in [0, 0.05) is 19.2 Å². The molecule has 20 heavy (non-hydrogen) atoms. The Morgan fingerprint density at radius 2 is 2.35 bits per heavy atom. The van der Waals surface area contributed by atoms with E-state index < -0.39 is 16.4 Å². The average molecular weight is 305 g/mol. The third-order valence-electron chi connectivity index (χ3n) is 2.85. The van der Waals surface area contributed by atoms with E-state index in [0.717, 1.165) is 18.7 Å². The highest BCUT2D eigenvalue weighted by molar-refractivity contribution is 6.31. The van der Waals surface area contributed by atoms with Gasteiger partial charge >= 0.3 is 5.69 Å². The van der Waals surface area contributed by atoms with Crippen molar-refractivity contribution in [3.63, 3.8) is 0 Å². The van der Waals surface area contributed by atoms with Gasteiger partial charge in [-0.25, -0.2) is 4.39 Å². The van der Waals surface area contributed by atoms with Crippen LogP contribution in [0.25, 0.3) is 0 Å². The lowest BCUT2D eigenvalue weighted by Gasteiger charge is -2.28. The summed E-state index contributed by atoms with van der Waals surface area (Å²) in [5.74, 6) is -0.918. The molecule has 1 N–H and O–H groups in total. The topological polar surface area (TPSA) is 73.6 Å². The number of ether oxygens (including phenoxy) is 2. The number of nitrogens with one attached hydrogen (secondary N) is 1. The number of nitro groups is 1. The van der Waals surface area contributed by atoms with E-state index in [1.54, 1.807) is 0 Å². The molecule has 1 aliphatic heterocycles. The fraction of sp³-hybridized carbons (Fsp3) is 0.500. The second-order valence-corrected chi connectivity index (χ2v) is 4.94. The molecule has 6 nitrogen and oxygen atoms in total. The van der Waals surface area contributed by atoms with Gasteiger partial charge in [-0.05, 0) is 6.92 Å². The van der Waals surface area contributed by atoms with Gasteiger partial charge in [0.05, 0.1) is 22.1 Å². The molecule has 0 saturated carbocycles. The zero-order valence-corrected chi connectivity index (χ0v) is 11.5. The summed E-state index contributed by atoms with van der Waals surface area (Å²) in [5.41, 5.74) is -0.455. The molecule has 0 aromatic heterocycles. The van der Waals surface area contributed by atoms with E-state index in [1.165, 1.54) is 0 Å². The minimum absolute atomic E-state index is 0.0455. The smallest absolute Gasteiger partial charge is 0.313 e. The van der Waals surface area contributed by atoms with Crippen LogP contribution in [-0.4, -0.2) is 36.8 Å². The van der Waals surface area contributed by atoms with Crippen molar-refractivity contribution >= 4 is 17.3 Å². The number of hydrogen-bond acceptors (Lipinski definition) is 5. The van der Waals surface area contributed by atoms with Crippen molar-refractivity contribution in [1.82, 2.24) is 5.32 Å². The second kappa shape index (κ2) is 6.34. The highest BCUT2D eigenvalue weighted by Crippen LogP contribution is 2.32. The summed E-state index contributed by atoms with van der Waals surface area (Å²) in [6, 6.07) is 1.86. The zero-order chi connectivity index (χ0) is 14.7. The largest absolute Gasteiger partial charge is 0.484 e. The van der Waals surface area contributed by atoms with Gasteiger partial charge in [-0.2, -0.15) is 0 Å². The Labute approximate surface area is 120 Å². The van der Waals surface area contributed by atoms with Crippen molar-refractivity contribution in [2.24, 2.45) is 0 Å². The van der Waals surface area contributed by atoms with Gasteiger partial charge in [-0.3, -0.25) is 10.1 Å². The molecule has 0 bridgehead atoms. The lowest BCUT2D eigenvalue weighted by Crippen LogP contribution is -2.45. The van der Waals surface area contributed by atoms with Crippen LogP contribution < -0.4 is 10.1 Å². The van der Waals surface area contributed by atoms with Crippen LogP contribution >= 0.6 is 11.6 Å². The fourth-order valence-electron chi connectivity index (χ4n) is 1.93. The highest BCUT2D eigenvalue weighted by atomic mass is 35.5. The number of morpholine rings is 1. The second-order valence-electron chi connectivity index (χ2n) is 4.53. The number of nitro benzene ring substituents is 1. The summed E-state index contributed by atoms with van der Waals surface area (Å²) in [6.07, 6.45) is -0.175. The van der Waals surface area contributed by atoms with Crippen LogP contribution in [0.4, 0.5) is 10.1 Å². The summed E-state index contributed by atoms with van der Waals surface area (Å²) in [7, 11) is 0. The van der Waals surface area contributed by atoms with Crippen LogP contribution in [0, 0.1) is 15.9 Å². The quantitative estimate of drug-likeness (QED) is 0.681. The highest BCUT2D eigenvalue weighted by Gasteiger charge is 2.23. The number of hydrogen-bond donors (Lipinski definition) is 1. The van der Waals surface area contributed by atoms with Gasteiger partial charge in [0.2, 0.25) is 0 Å².